The van der Waals surface area contributed by atoms with Gasteiger partial charge in [0.2, 0.25) is 0 Å². The van der Waals surface area contributed by atoms with Crippen LogP contribution in [0, 0.1) is 0 Å². The number of benzene rings is 1. The molecule has 4 fully saturated rings. The Morgan fingerprint density at radius 3 is 2.70 bits per heavy atom. The van der Waals surface area contributed by atoms with Gasteiger partial charge in [0, 0.05) is 29.4 Å². The van der Waals surface area contributed by atoms with Crippen molar-refractivity contribution in [2.75, 3.05) is 12.3 Å². The zero-order valence-corrected chi connectivity index (χ0v) is 21.1. The molecular formula is C28H33N5O4. The minimum atomic E-state index is -0.819. The number of carbonyl (C=O) groups is 1. The van der Waals surface area contributed by atoms with Crippen molar-refractivity contribution in [2.45, 2.75) is 87.6 Å². The number of aromatic nitrogens is 3. The van der Waals surface area contributed by atoms with Gasteiger partial charge in [0.05, 0.1) is 11.5 Å². The summed E-state index contributed by atoms with van der Waals surface area (Å²) in [5.41, 5.74) is 8.62. The van der Waals surface area contributed by atoms with E-state index in [1.165, 1.54) is 6.33 Å². The lowest BCUT2D eigenvalue weighted by molar-refractivity contribution is -0.0198. The fourth-order valence-electron chi connectivity index (χ4n) is 6.97. The summed E-state index contributed by atoms with van der Waals surface area (Å²) in [6, 6.07) is 8.39. The summed E-state index contributed by atoms with van der Waals surface area (Å²) in [4.78, 5) is 22.5. The molecule has 2 saturated heterocycles. The molecule has 37 heavy (non-hydrogen) atoms. The number of amides is 1. The first-order valence-electron chi connectivity index (χ1n) is 13.4. The van der Waals surface area contributed by atoms with Crippen molar-refractivity contribution in [3.63, 3.8) is 0 Å². The van der Waals surface area contributed by atoms with Gasteiger partial charge >= 0.3 is 6.09 Å². The van der Waals surface area contributed by atoms with E-state index in [-0.39, 0.29) is 23.2 Å². The first-order valence-corrected chi connectivity index (χ1v) is 13.4. The summed E-state index contributed by atoms with van der Waals surface area (Å²) in [6.45, 7) is 2.63. The van der Waals surface area contributed by atoms with E-state index >= 15 is 0 Å². The second kappa shape index (κ2) is 8.08. The first kappa shape index (κ1) is 22.8. The summed E-state index contributed by atoms with van der Waals surface area (Å²) in [6.07, 6.45) is 11.0. The summed E-state index contributed by atoms with van der Waals surface area (Å²) in [5, 5.41) is 10.7. The minimum Gasteiger partial charge on any atom is -0.491 e. The molecule has 4 heterocycles. The molecule has 4 aliphatic rings. The number of nitrogens with two attached hydrogens (primary N) is 1. The van der Waals surface area contributed by atoms with Crippen LogP contribution in [0.1, 0.15) is 64.3 Å². The molecule has 2 saturated carbocycles. The Morgan fingerprint density at radius 2 is 2.03 bits per heavy atom. The molecule has 2 aromatic heterocycles. The maximum absolute atomic E-state index is 12.0. The molecule has 1 aromatic carbocycles. The lowest BCUT2D eigenvalue weighted by Crippen LogP contribution is -2.58. The lowest BCUT2D eigenvalue weighted by atomic mass is 9.72. The van der Waals surface area contributed by atoms with Gasteiger partial charge in [-0.1, -0.05) is 12.1 Å². The van der Waals surface area contributed by atoms with Gasteiger partial charge < -0.3 is 24.9 Å². The third-order valence-corrected chi connectivity index (χ3v) is 8.99. The number of rotatable bonds is 7. The van der Waals surface area contributed by atoms with Gasteiger partial charge in [-0.25, -0.2) is 14.8 Å². The fourth-order valence-corrected chi connectivity index (χ4v) is 6.97. The van der Waals surface area contributed by atoms with Crippen LogP contribution in [0.2, 0.25) is 0 Å². The highest BCUT2D eigenvalue weighted by atomic mass is 16.6. The Morgan fingerprint density at radius 1 is 1.24 bits per heavy atom. The Hall–Kier alpha value is -3.33. The minimum absolute atomic E-state index is 0.129. The van der Waals surface area contributed by atoms with Gasteiger partial charge in [0.1, 0.15) is 35.7 Å². The van der Waals surface area contributed by atoms with Crippen LogP contribution in [0.5, 0.6) is 5.75 Å². The molecule has 0 atom stereocenters. The summed E-state index contributed by atoms with van der Waals surface area (Å²) < 4.78 is 14.6. The van der Waals surface area contributed by atoms with E-state index in [1.807, 2.05) is 18.2 Å². The zero-order valence-electron chi connectivity index (χ0n) is 21.1. The number of nitrogens with zero attached hydrogens (tertiary/aromatic N) is 4. The molecule has 9 heteroatoms. The smallest absolute Gasteiger partial charge is 0.408 e. The van der Waals surface area contributed by atoms with Crippen molar-refractivity contribution in [3.8, 4) is 16.9 Å². The van der Waals surface area contributed by atoms with E-state index in [1.54, 1.807) is 4.90 Å². The van der Waals surface area contributed by atoms with Crippen molar-refractivity contribution in [1.82, 2.24) is 19.4 Å². The molecule has 9 nitrogen and oxygen atoms in total. The van der Waals surface area contributed by atoms with Gasteiger partial charge in [-0.2, -0.15) is 0 Å². The molecule has 7 rings (SSSR count). The zero-order chi connectivity index (χ0) is 25.4. The van der Waals surface area contributed by atoms with E-state index in [4.69, 9.17) is 15.2 Å². The Balaban J connectivity index is 1.17. The SMILES string of the molecule is CC1(N(C(=O)O)C2CC2)CC(n2cc(-c3cccc(OCC45CCC(CC4)O5)c3)c3c(N)ncnc32)C1. The highest BCUT2D eigenvalue weighted by Crippen LogP contribution is 2.51. The van der Waals surface area contributed by atoms with Crippen LogP contribution in [0.4, 0.5) is 10.6 Å². The van der Waals surface area contributed by atoms with Crippen molar-refractivity contribution < 1.29 is 19.4 Å². The summed E-state index contributed by atoms with van der Waals surface area (Å²) >= 11 is 0. The molecule has 2 aliphatic heterocycles. The van der Waals surface area contributed by atoms with E-state index in [9.17, 15) is 9.90 Å². The standard InChI is InChI=1S/C28H33N5O4/c1-27(33(26(34)35)18-5-6-18)12-19(13-27)32-14-22(23-24(29)30-16-31-25(23)32)17-3-2-4-21(11-17)36-15-28-9-7-20(37-28)8-10-28/h2-4,11,14,16,18-20H,5-10,12-13,15H2,1H3,(H,34,35)(H2,29,30,31). The first-order chi connectivity index (χ1) is 17.8. The second-order valence-electron chi connectivity index (χ2n) is 11.7. The lowest BCUT2D eigenvalue weighted by Gasteiger charge is -2.51. The van der Waals surface area contributed by atoms with Gasteiger partial charge in [-0.3, -0.25) is 4.90 Å². The third kappa shape index (κ3) is 3.74. The van der Waals surface area contributed by atoms with Crippen LogP contribution in [-0.4, -0.2) is 60.5 Å². The average molecular weight is 504 g/mol. The van der Waals surface area contributed by atoms with E-state index < -0.39 is 6.09 Å². The number of fused-ring (bicyclic) bond motifs is 3. The van der Waals surface area contributed by atoms with E-state index in [2.05, 4.69) is 33.7 Å². The van der Waals surface area contributed by atoms with Gasteiger partial charge in [-0.05, 0) is 76.0 Å². The van der Waals surface area contributed by atoms with Crippen molar-refractivity contribution in [2.24, 2.45) is 0 Å². The fraction of sp³-hybridized carbons (Fsp3) is 0.536. The number of ether oxygens (including phenoxy) is 2. The molecule has 3 aromatic rings. The predicted molar refractivity (Wildman–Crippen MR) is 139 cm³/mol. The molecule has 0 radical (unpaired) electrons. The van der Waals surface area contributed by atoms with Crippen LogP contribution < -0.4 is 10.5 Å². The molecule has 0 spiro atoms. The Bertz CT molecular complexity index is 1370. The number of carboxylic acid groups (broad SMARTS) is 1. The number of nitrogen functional groups attached to an aromatic ring is 1. The largest absolute Gasteiger partial charge is 0.491 e. The van der Waals surface area contributed by atoms with Crippen LogP contribution in [-0.2, 0) is 4.74 Å². The number of hydrogen-bond donors (Lipinski definition) is 2. The summed E-state index contributed by atoms with van der Waals surface area (Å²) in [7, 11) is 0. The van der Waals surface area contributed by atoms with Gasteiger partial charge in [-0.15, -0.1) is 0 Å². The number of anilines is 1. The molecule has 2 bridgehead atoms. The van der Waals surface area contributed by atoms with Crippen molar-refractivity contribution in [3.05, 3.63) is 36.8 Å². The quantitative estimate of drug-likeness (QED) is 0.466. The highest BCUT2D eigenvalue weighted by molar-refractivity contribution is 6.00. The number of hydrogen-bond acceptors (Lipinski definition) is 6. The normalized spacial score (nSPS) is 30.4. The maximum Gasteiger partial charge on any atom is 0.408 e. The Labute approximate surface area is 215 Å². The molecule has 2 aliphatic carbocycles. The molecule has 194 valence electrons. The maximum atomic E-state index is 12.0. The van der Waals surface area contributed by atoms with Crippen molar-refractivity contribution in [1.29, 1.82) is 0 Å². The van der Waals surface area contributed by atoms with E-state index in [0.29, 0.717) is 18.5 Å². The topological polar surface area (TPSA) is 116 Å². The van der Waals surface area contributed by atoms with Gasteiger partial charge in [0.25, 0.3) is 0 Å². The monoisotopic (exact) mass is 503 g/mol. The molecule has 3 N–H and O–H groups in total. The van der Waals surface area contributed by atoms with Crippen LogP contribution in [0.3, 0.4) is 0 Å². The van der Waals surface area contributed by atoms with Crippen molar-refractivity contribution >= 4 is 22.9 Å². The predicted octanol–water partition coefficient (Wildman–Crippen LogP) is 5.01. The van der Waals surface area contributed by atoms with Crippen LogP contribution >= 0.6 is 0 Å². The Kier molecular flexibility index (Phi) is 4.99. The molecule has 0 unspecified atom stereocenters. The average Bonchev–Trinajstić information content (AvgIpc) is 3.31. The highest BCUT2D eigenvalue weighted by Gasteiger charge is 2.52. The van der Waals surface area contributed by atoms with Gasteiger partial charge in [0.15, 0.2) is 0 Å². The summed E-state index contributed by atoms with van der Waals surface area (Å²) in [5.74, 6) is 1.24. The van der Waals surface area contributed by atoms with Crippen LogP contribution in [0.25, 0.3) is 22.2 Å². The van der Waals surface area contributed by atoms with E-state index in [0.717, 1.165) is 79.3 Å². The third-order valence-electron chi connectivity index (χ3n) is 8.99. The van der Waals surface area contributed by atoms with Crippen LogP contribution in [0.15, 0.2) is 36.8 Å². The molecule has 1 amide bonds. The molecular weight excluding hydrogens is 470 g/mol. The second-order valence-corrected chi connectivity index (χ2v) is 11.7.